The molecule has 4 nitrogen and oxygen atoms in total. The SMILES string of the molecule is CCOC(=O)c1cnc2c(c1NC1C3CC4CC(C3)CC1C4)C=CC2. The predicted molar refractivity (Wildman–Crippen MR) is 97.4 cm³/mol. The molecule has 25 heavy (non-hydrogen) atoms. The van der Waals surface area contributed by atoms with Gasteiger partial charge < -0.3 is 10.1 Å². The zero-order valence-electron chi connectivity index (χ0n) is 14.8. The summed E-state index contributed by atoms with van der Waals surface area (Å²) < 4.78 is 5.29. The minimum absolute atomic E-state index is 0.260. The van der Waals surface area contributed by atoms with Gasteiger partial charge in [0.25, 0.3) is 0 Å². The third kappa shape index (κ3) is 2.49. The van der Waals surface area contributed by atoms with E-state index in [4.69, 9.17) is 4.74 Å². The summed E-state index contributed by atoms with van der Waals surface area (Å²) in [5, 5.41) is 3.84. The molecular weight excluding hydrogens is 312 g/mol. The number of carbonyl (C=O) groups is 1. The lowest BCUT2D eigenvalue weighted by Gasteiger charge is -2.54. The summed E-state index contributed by atoms with van der Waals surface area (Å²) in [6.07, 6.45) is 13.7. The fourth-order valence-corrected chi connectivity index (χ4v) is 6.04. The van der Waals surface area contributed by atoms with Gasteiger partial charge in [0.1, 0.15) is 5.56 Å². The Balaban J connectivity index is 1.50. The monoisotopic (exact) mass is 338 g/mol. The molecule has 5 aliphatic rings. The molecule has 0 amide bonds. The normalized spacial score (nSPS) is 34.2. The number of aromatic nitrogens is 1. The molecule has 0 aliphatic heterocycles. The van der Waals surface area contributed by atoms with Gasteiger partial charge in [-0.1, -0.05) is 12.2 Å². The molecule has 4 saturated carbocycles. The first-order valence-electron chi connectivity index (χ1n) is 9.85. The van der Waals surface area contributed by atoms with E-state index in [1.807, 2.05) is 6.92 Å². The van der Waals surface area contributed by atoms with Crippen LogP contribution < -0.4 is 5.32 Å². The van der Waals surface area contributed by atoms with E-state index in [2.05, 4.69) is 22.5 Å². The standard InChI is InChI=1S/C21H26N2O2/c1-2-25-21(24)17-11-22-18-5-3-4-16(18)20(17)23-19-14-7-12-6-13(9-14)10-15(19)8-12/h3-4,11-15,19H,2,5-10H2,1H3,(H,22,23). The maximum Gasteiger partial charge on any atom is 0.341 e. The van der Waals surface area contributed by atoms with Gasteiger partial charge in [0.2, 0.25) is 0 Å². The van der Waals surface area contributed by atoms with Crippen molar-refractivity contribution in [1.82, 2.24) is 4.98 Å². The summed E-state index contributed by atoms with van der Waals surface area (Å²) in [6, 6.07) is 0.501. The van der Waals surface area contributed by atoms with E-state index in [0.717, 1.165) is 47.0 Å². The Hall–Kier alpha value is -1.84. The lowest BCUT2D eigenvalue weighted by atomic mass is 9.54. The molecule has 0 radical (unpaired) electrons. The average Bonchev–Trinajstić information content (AvgIpc) is 3.06. The van der Waals surface area contributed by atoms with Crippen LogP contribution in [0.5, 0.6) is 0 Å². The van der Waals surface area contributed by atoms with Crippen LogP contribution in [0.25, 0.3) is 6.08 Å². The van der Waals surface area contributed by atoms with Crippen LogP contribution in [0.3, 0.4) is 0 Å². The highest BCUT2D eigenvalue weighted by Crippen LogP contribution is 2.54. The van der Waals surface area contributed by atoms with Gasteiger partial charge in [-0.15, -0.1) is 0 Å². The highest BCUT2D eigenvalue weighted by atomic mass is 16.5. The largest absolute Gasteiger partial charge is 0.462 e. The molecule has 1 aromatic heterocycles. The van der Waals surface area contributed by atoms with Gasteiger partial charge in [-0.3, -0.25) is 4.98 Å². The molecule has 1 N–H and O–H groups in total. The Labute approximate surface area is 149 Å². The van der Waals surface area contributed by atoms with Gasteiger partial charge in [-0.25, -0.2) is 4.79 Å². The Bertz CT molecular complexity index is 712. The number of pyridine rings is 1. The Morgan fingerprint density at radius 2 is 1.92 bits per heavy atom. The molecule has 0 aromatic carbocycles. The highest BCUT2D eigenvalue weighted by molar-refractivity contribution is 5.98. The minimum Gasteiger partial charge on any atom is -0.462 e. The van der Waals surface area contributed by atoms with Crippen molar-refractivity contribution < 1.29 is 9.53 Å². The van der Waals surface area contributed by atoms with Gasteiger partial charge in [-0.2, -0.15) is 0 Å². The molecule has 5 aliphatic carbocycles. The van der Waals surface area contributed by atoms with Crippen molar-refractivity contribution in [3.8, 4) is 0 Å². The van der Waals surface area contributed by atoms with E-state index < -0.39 is 0 Å². The van der Waals surface area contributed by atoms with E-state index in [0.29, 0.717) is 18.2 Å². The van der Waals surface area contributed by atoms with Crippen LogP contribution in [-0.2, 0) is 11.2 Å². The maximum absolute atomic E-state index is 12.5. The molecule has 0 spiro atoms. The number of esters is 1. The van der Waals surface area contributed by atoms with Crippen LogP contribution >= 0.6 is 0 Å². The first kappa shape index (κ1) is 15.4. The molecule has 4 heteroatoms. The van der Waals surface area contributed by atoms with Crippen LogP contribution in [0.4, 0.5) is 5.69 Å². The molecular formula is C21H26N2O2. The molecule has 132 valence electrons. The quantitative estimate of drug-likeness (QED) is 0.841. The molecule has 1 aromatic rings. The topological polar surface area (TPSA) is 51.2 Å². The summed E-state index contributed by atoms with van der Waals surface area (Å²) in [5.41, 5.74) is 3.73. The second kappa shape index (κ2) is 5.86. The van der Waals surface area contributed by atoms with Crippen molar-refractivity contribution in [3.05, 3.63) is 29.1 Å². The summed E-state index contributed by atoms with van der Waals surface area (Å²) in [4.78, 5) is 17.0. The van der Waals surface area contributed by atoms with E-state index in [1.165, 1.54) is 32.1 Å². The molecule has 6 rings (SSSR count). The number of anilines is 1. The Morgan fingerprint density at radius 3 is 2.60 bits per heavy atom. The Morgan fingerprint density at radius 1 is 1.20 bits per heavy atom. The first-order valence-corrected chi connectivity index (χ1v) is 9.85. The van der Waals surface area contributed by atoms with E-state index >= 15 is 0 Å². The summed E-state index contributed by atoms with van der Waals surface area (Å²) >= 11 is 0. The molecule has 4 bridgehead atoms. The molecule has 1 heterocycles. The van der Waals surface area contributed by atoms with Crippen molar-refractivity contribution in [2.45, 2.75) is 51.5 Å². The number of fused-ring (bicyclic) bond motifs is 1. The second-order valence-electron chi connectivity index (χ2n) is 8.34. The van der Waals surface area contributed by atoms with Crippen molar-refractivity contribution in [2.24, 2.45) is 23.7 Å². The number of hydrogen-bond acceptors (Lipinski definition) is 4. The van der Waals surface area contributed by atoms with Gasteiger partial charge in [-0.05, 0) is 62.7 Å². The van der Waals surface area contributed by atoms with E-state index in [-0.39, 0.29) is 5.97 Å². The molecule has 0 saturated heterocycles. The summed E-state index contributed by atoms with van der Waals surface area (Å²) in [6.45, 7) is 2.24. The van der Waals surface area contributed by atoms with Crippen LogP contribution in [0.15, 0.2) is 12.3 Å². The van der Waals surface area contributed by atoms with Crippen LogP contribution in [0.1, 0.15) is 60.6 Å². The number of ether oxygens (including phenoxy) is 1. The lowest BCUT2D eigenvalue weighted by molar-refractivity contribution is 0.00745. The van der Waals surface area contributed by atoms with Crippen LogP contribution in [-0.4, -0.2) is 23.6 Å². The van der Waals surface area contributed by atoms with Gasteiger partial charge >= 0.3 is 5.97 Å². The smallest absolute Gasteiger partial charge is 0.341 e. The number of rotatable bonds is 4. The zero-order chi connectivity index (χ0) is 17.0. The fraction of sp³-hybridized carbons (Fsp3) is 0.619. The maximum atomic E-state index is 12.5. The lowest BCUT2D eigenvalue weighted by Crippen LogP contribution is -2.51. The number of carbonyl (C=O) groups excluding carboxylic acids is 1. The zero-order valence-corrected chi connectivity index (χ0v) is 14.8. The molecule has 0 atom stereocenters. The molecule has 4 fully saturated rings. The average molecular weight is 338 g/mol. The van der Waals surface area contributed by atoms with Crippen LogP contribution in [0.2, 0.25) is 0 Å². The van der Waals surface area contributed by atoms with Crippen molar-refractivity contribution in [3.63, 3.8) is 0 Å². The van der Waals surface area contributed by atoms with Gasteiger partial charge in [0.15, 0.2) is 0 Å². The second-order valence-corrected chi connectivity index (χ2v) is 8.34. The number of nitrogens with one attached hydrogen (secondary N) is 1. The predicted octanol–water partition coefficient (Wildman–Crippen LogP) is 4.06. The van der Waals surface area contributed by atoms with Crippen molar-refractivity contribution in [2.75, 3.05) is 11.9 Å². The van der Waals surface area contributed by atoms with Crippen molar-refractivity contribution >= 4 is 17.7 Å². The van der Waals surface area contributed by atoms with E-state index in [1.54, 1.807) is 6.20 Å². The van der Waals surface area contributed by atoms with Gasteiger partial charge in [0.05, 0.1) is 18.0 Å². The highest BCUT2D eigenvalue weighted by Gasteiger charge is 2.48. The van der Waals surface area contributed by atoms with Gasteiger partial charge in [0, 0.05) is 24.2 Å². The van der Waals surface area contributed by atoms with E-state index in [9.17, 15) is 4.79 Å². The fourth-order valence-electron chi connectivity index (χ4n) is 6.04. The first-order chi connectivity index (χ1) is 12.2. The number of nitrogens with zero attached hydrogens (tertiary/aromatic N) is 1. The number of allylic oxidation sites excluding steroid dienone is 1. The summed E-state index contributed by atoms with van der Waals surface area (Å²) in [7, 11) is 0. The minimum atomic E-state index is -0.260. The number of hydrogen-bond donors (Lipinski definition) is 1. The van der Waals surface area contributed by atoms with Crippen molar-refractivity contribution in [1.29, 1.82) is 0 Å². The molecule has 0 unspecified atom stereocenters. The third-order valence-corrected chi connectivity index (χ3v) is 6.83. The summed E-state index contributed by atoms with van der Waals surface area (Å²) in [5.74, 6) is 3.17. The Kier molecular flexibility index (Phi) is 3.61. The van der Waals surface area contributed by atoms with Crippen LogP contribution in [0, 0.1) is 23.7 Å². The third-order valence-electron chi connectivity index (χ3n) is 6.83.